The van der Waals surface area contributed by atoms with E-state index < -0.39 is 15.7 Å². The van der Waals surface area contributed by atoms with E-state index in [1.807, 2.05) is 0 Å². The summed E-state index contributed by atoms with van der Waals surface area (Å²) in [6.45, 7) is 1.55. The van der Waals surface area contributed by atoms with Crippen molar-refractivity contribution in [2.45, 2.75) is 30.6 Å². The van der Waals surface area contributed by atoms with Crippen molar-refractivity contribution in [3.05, 3.63) is 34.8 Å². The van der Waals surface area contributed by atoms with Crippen LogP contribution in [0.3, 0.4) is 0 Å². The Morgan fingerprint density at radius 3 is 2.73 bits per heavy atom. The molecule has 1 fully saturated rings. The third kappa shape index (κ3) is 3.02. The molecule has 116 valence electrons. The molecule has 6 nitrogen and oxygen atoms in total. The van der Waals surface area contributed by atoms with Gasteiger partial charge < -0.3 is 0 Å². The van der Waals surface area contributed by atoms with Crippen LogP contribution in [0, 0.1) is 0 Å². The number of nitrogens with one attached hydrogen (secondary N) is 1. The second-order valence-corrected chi connectivity index (χ2v) is 8.33. The molecule has 3 rings (SSSR count). The molecule has 0 aliphatic heterocycles. The van der Waals surface area contributed by atoms with Crippen molar-refractivity contribution in [1.82, 2.24) is 10.2 Å². The van der Waals surface area contributed by atoms with E-state index in [2.05, 4.69) is 15.5 Å². The predicted octanol–water partition coefficient (Wildman–Crippen LogP) is 2.46. The smallest absolute Gasteiger partial charge is 0.258 e. The number of hydrogen-bond acceptors (Lipinski definition) is 6. The molecule has 1 N–H and O–H groups in total. The molecule has 1 aliphatic rings. The van der Waals surface area contributed by atoms with Gasteiger partial charge in [0, 0.05) is 5.92 Å². The van der Waals surface area contributed by atoms with Gasteiger partial charge in [-0.25, -0.2) is 8.42 Å². The molecule has 0 spiro atoms. The maximum Gasteiger partial charge on any atom is 0.258 e. The first-order valence-corrected chi connectivity index (χ1v) is 9.44. The molecule has 0 saturated heterocycles. The standard InChI is InChI=1S/C14H15N3O3S2/c1-2-22(19,20)11-6-4-3-5-10(11)12(18)15-14-17-16-13(21-14)9-7-8-9/h3-6,9H,2,7-8H2,1H3,(H,15,17,18). The lowest BCUT2D eigenvalue weighted by Crippen LogP contribution is -2.17. The summed E-state index contributed by atoms with van der Waals surface area (Å²) >= 11 is 1.34. The number of hydrogen-bond donors (Lipinski definition) is 1. The number of nitrogens with zero attached hydrogens (tertiary/aromatic N) is 2. The van der Waals surface area contributed by atoms with Gasteiger partial charge in [-0.15, -0.1) is 10.2 Å². The third-order valence-electron chi connectivity index (χ3n) is 3.43. The van der Waals surface area contributed by atoms with Gasteiger partial charge in [-0.3, -0.25) is 10.1 Å². The molecular weight excluding hydrogens is 322 g/mol. The number of carbonyl (C=O) groups is 1. The molecule has 1 aromatic heterocycles. The summed E-state index contributed by atoms with van der Waals surface area (Å²) in [5.41, 5.74) is 0.132. The summed E-state index contributed by atoms with van der Waals surface area (Å²) in [7, 11) is -3.46. The first kappa shape index (κ1) is 15.1. The first-order valence-electron chi connectivity index (χ1n) is 6.98. The minimum absolute atomic E-state index is 0.0435. The van der Waals surface area contributed by atoms with Crippen molar-refractivity contribution in [1.29, 1.82) is 0 Å². The molecule has 8 heteroatoms. The van der Waals surface area contributed by atoms with E-state index in [1.54, 1.807) is 19.1 Å². The normalized spacial score (nSPS) is 14.8. The Kier molecular flexibility index (Phi) is 3.96. The Bertz CT molecular complexity index is 810. The molecule has 0 radical (unpaired) electrons. The van der Waals surface area contributed by atoms with Gasteiger partial charge in [0.15, 0.2) is 9.84 Å². The van der Waals surface area contributed by atoms with Crippen LogP contribution in [0.15, 0.2) is 29.2 Å². The van der Waals surface area contributed by atoms with E-state index in [0.717, 1.165) is 17.8 Å². The Morgan fingerprint density at radius 1 is 1.32 bits per heavy atom. The topological polar surface area (TPSA) is 89.0 Å². The fraction of sp³-hybridized carbons (Fsp3) is 0.357. The van der Waals surface area contributed by atoms with Crippen LogP contribution < -0.4 is 5.32 Å². The minimum atomic E-state index is -3.46. The quantitative estimate of drug-likeness (QED) is 0.905. The highest BCUT2D eigenvalue weighted by atomic mass is 32.2. The number of benzene rings is 1. The Morgan fingerprint density at radius 2 is 2.05 bits per heavy atom. The van der Waals surface area contributed by atoms with Gasteiger partial charge in [0.25, 0.3) is 5.91 Å². The molecule has 1 amide bonds. The lowest BCUT2D eigenvalue weighted by atomic mass is 10.2. The monoisotopic (exact) mass is 337 g/mol. The lowest BCUT2D eigenvalue weighted by molar-refractivity contribution is 0.102. The SMILES string of the molecule is CCS(=O)(=O)c1ccccc1C(=O)Nc1nnc(C2CC2)s1. The van der Waals surface area contributed by atoms with Gasteiger partial charge in [-0.05, 0) is 25.0 Å². The predicted molar refractivity (Wildman–Crippen MR) is 84.0 cm³/mol. The molecule has 0 bridgehead atoms. The van der Waals surface area contributed by atoms with Crippen molar-refractivity contribution in [3.63, 3.8) is 0 Å². The lowest BCUT2D eigenvalue weighted by Gasteiger charge is -2.08. The number of anilines is 1. The number of amides is 1. The summed E-state index contributed by atoms with van der Waals surface area (Å²) in [6, 6.07) is 6.19. The molecule has 1 aromatic carbocycles. The average molecular weight is 337 g/mol. The van der Waals surface area contributed by atoms with Crippen LogP contribution in [0.4, 0.5) is 5.13 Å². The van der Waals surface area contributed by atoms with Crippen LogP contribution in [0.5, 0.6) is 0 Å². The highest BCUT2D eigenvalue weighted by Crippen LogP contribution is 2.42. The Hall–Kier alpha value is -1.80. The average Bonchev–Trinajstić information content (AvgIpc) is 3.27. The molecule has 2 aromatic rings. The van der Waals surface area contributed by atoms with Crippen LogP contribution in [0.2, 0.25) is 0 Å². The van der Waals surface area contributed by atoms with Gasteiger partial charge in [-0.2, -0.15) is 0 Å². The van der Waals surface area contributed by atoms with E-state index in [9.17, 15) is 13.2 Å². The zero-order valence-electron chi connectivity index (χ0n) is 11.9. The number of rotatable bonds is 5. The van der Waals surface area contributed by atoms with Gasteiger partial charge in [0.2, 0.25) is 5.13 Å². The first-order chi connectivity index (χ1) is 10.5. The van der Waals surface area contributed by atoms with E-state index in [0.29, 0.717) is 11.0 Å². The maximum atomic E-state index is 12.4. The molecule has 1 aliphatic carbocycles. The largest absolute Gasteiger partial charge is 0.296 e. The molecule has 1 heterocycles. The van der Waals surface area contributed by atoms with Crippen LogP contribution >= 0.6 is 11.3 Å². The van der Waals surface area contributed by atoms with E-state index >= 15 is 0 Å². The highest BCUT2D eigenvalue weighted by molar-refractivity contribution is 7.91. The van der Waals surface area contributed by atoms with Crippen molar-refractivity contribution < 1.29 is 13.2 Å². The van der Waals surface area contributed by atoms with Crippen molar-refractivity contribution in [3.8, 4) is 0 Å². The van der Waals surface area contributed by atoms with E-state index in [4.69, 9.17) is 0 Å². The van der Waals surface area contributed by atoms with Crippen molar-refractivity contribution in [2.24, 2.45) is 0 Å². The number of aromatic nitrogens is 2. The minimum Gasteiger partial charge on any atom is -0.296 e. The van der Waals surface area contributed by atoms with Gasteiger partial charge in [0.1, 0.15) is 5.01 Å². The molecule has 1 saturated carbocycles. The third-order valence-corrected chi connectivity index (χ3v) is 6.22. The van der Waals surface area contributed by atoms with Crippen LogP contribution in [0.1, 0.15) is 41.0 Å². The van der Waals surface area contributed by atoms with E-state index in [1.165, 1.54) is 23.5 Å². The fourth-order valence-electron chi connectivity index (χ4n) is 2.03. The van der Waals surface area contributed by atoms with Gasteiger partial charge >= 0.3 is 0 Å². The molecule has 22 heavy (non-hydrogen) atoms. The fourth-order valence-corrected chi connectivity index (χ4v) is 4.03. The highest BCUT2D eigenvalue weighted by Gasteiger charge is 2.28. The van der Waals surface area contributed by atoms with Crippen LogP contribution in [-0.4, -0.2) is 30.3 Å². The van der Waals surface area contributed by atoms with E-state index in [-0.39, 0.29) is 16.2 Å². The summed E-state index contributed by atoms with van der Waals surface area (Å²) in [5.74, 6) is -0.0657. The zero-order valence-corrected chi connectivity index (χ0v) is 13.6. The summed E-state index contributed by atoms with van der Waals surface area (Å²) in [4.78, 5) is 12.4. The zero-order chi connectivity index (χ0) is 15.7. The molecule has 0 unspecified atom stereocenters. The number of carbonyl (C=O) groups excluding carboxylic acids is 1. The van der Waals surface area contributed by atoms with Crippen LogP contribution in [0.25, 0.3) is 0 Å². The Labute approximate surface area is 132 Å². The summed E-state index contributed by atoms with van der Waals surface area (Å²) in [5, 5.41) is 11.9. The van der Waals surface area contributed by atoms with Crippen LogP contribution in [-0.2, 0) is 9.84 Å². The Balaban J connectivity index is 1.85. The number of sulfone groups is 1. The second-order valence-electron chi connectivity index (χ2n) is 5.07. The van der Waals surface area contributed by atoms with Gasteiger partial charge in [0.05, 0.1) is 16.2 Å². The van der Waals surface area contributed by atoms with Crippen molar-refractivity contribution in [2.75, 3.05) is 11.1 Å². The second kappa shape index (κ2) is 5.77. The summed E-state index contributed by atoms with van der Waals surface area (Å²) < 4.78 is 24.1. The maximum absolute atomic E-state index is 12.4. The summed E-state index contributed by atoms with van der Waals surface area (Å²) in [6.07, 6.45) is 2.22. The van der Waals surface area contributed by atoms with Crippen molar-refractivity contribution >= 4 is 32.2 Å². The molecule has 0 atom stereocenters. The van der Waals surface area contributed by atoms with Gasteiger partial charge in [-0.1, -0.05) is 30.4 Å². The molecular formula is C14H15N3O3S2.